The van der Waals surface area contributed by atoms with E-state index in [2.05, 4.69) is 4.98 Å². The van der Waals surface area contributed by atoms with Gasteiger partial charge in [-0.05, 0) is 31.0 Å². The van der Waals surface area contributed by atoms with Crippen LogP contribution in [-0.4, -0.2) is 32.3 Å². The topological polar surface area (TPSA) is 107 Å². The zero-order valence-electron chi connectivity index (χ0n) is 15.3. The van der Waals surface area contributed by atoms with Gasteiger partial charge in [-0.15, -0.1) is 0 Å². The maximum Gasteiger partial charge on any atom is 0.288 e. The van der Waals surface area contributed by atoms with Gasteiger partial charge in [-0.2, -0.15) is 0 Å². The molecule has 0 amide bonds. The van der Waals surface area contributed by atoms with Crippen molar-refractivity contribution in [2.45, 2.75) is 26.5 Å². The van der Waals surface area contributed by atoms with Gasteiger partial charge in [0.05, 0.1) is 28.7 Å². The summed E-state index contributed by atoms with van der Waals surface area (Å²) in [6.45, 7) is 3.73. The molecule has 0 aliphatic rings. The SMILES string of the molecule is Cc1cccc(C)c1OC[C@@H](O)Cn1cnc2cc(Cl)c([N+](=O)[O-])cc2c1=O. The van der Waals surface area contributed by atoms with E-state index in [9.17, 15) is 20.0 Å². The fourth-order valence-electron chi connectivity index (χ4n) is 2.92. The third kappa shape index (κ3) is 3.97. The highest BCUT2D eigenvalue weighted by atomic mass is 35.5. The molecule has 1 atom stereocenters. The molecule has 3 rings (SSSR count). The van der Waals surface area contributed by atoms with Crippen molar-refractivity contribution in [3.8, 4) is 5.75 Å². The van der Waals surface area contributed by atoms with E-state index in [1.165, 1.54) is 17.0 Å². The fraction of sp³-hybridized carbons (Fsp3) is 0.263. The molecule has 28 heavy (non-hydrogen) atoms. The molecule has 9 heteroatoms. The highest BCUT2D eigenvalue weighted by molar-refractivity contribution is 6.33. The number of aromatic nitrogens is 2. The Balaban J connectivity index is 1.82. The summed E-state index contributed by atoms with van der Waals surface area (Å²) in [6.07, 6.45) is 0.299. The molecule has 0 saturated heterocycles. The molecule has 1 heterocycles. The number of hydrogen-bond donors (Lipinski definition) is 1. The zero-order valence-corrected chi connectivity index (χ0v) is 16.0. The fourth-order valence-corrected chi connectivity index (χ4v) is 3.15. The molecule has 0 radical (unpaired) electrons. The standard InChI is InChI=1S/C19H18ClN3O5/c1-11-4-3-5-12(2)18(11)28-9-13(24)8-22-10-21-16-7-15(20)17(23(26)27)6-14(16)19(22)25/h3-7,10,13,24H,8-9H2,1-2H3/t13-/m0/s1. The predicted molar refractivity (Wildman–Crippen MR) is 105 cm³/mol. The maximum absolute atomic E-state index is 12.6. The third-order valence-corrected chi connectivity index (χ3v) is 4.63. The van der Waals surface area contributed by atoms with Gasteiger partial charge in [-0.3, -0.25) is 19.5 Å². The van der Waals surface area contributed by atoms with Crippen LogP contribution in [0.25, 0.3) is 10.9 Å². The minimum atomic E-state index is -0.974. The van der Waals surface area contributed by atoms with Crippen molar-refractivity contribution in [1.29, 1.82) is 0 Å². The lowest BCUT2D eigenvalue weighted by atomic mass is 10.1. The minimum Gasteiger partial charge on any atom is -0.490 e. The summed E-state index contributed by atoms with van der Waals surface area (Å²) in [5.74, 6) is 0.691. The molecule has 0 saturated carbocycles. The lowest BCUT2D eigenvalue weighted by molar-refractivity contribution is -0.384. The molecular formula is C19H18ClN3O5. The normalized spacial score (nSPS) is 12.1. The van der Waals surface area contributed by atoms with Gasteiger partial charge in [0.2, 0.25) is 0 Å². The van der Waals surface area contributed by atoms with Gasteiger partial charge in [0, 0.05) is 6.07 Å². The van der Waals surface area contributed by atoms with Crippen LogP contribution < -0.4 is 10.3 Å². The van der Waals surface area contributed by atoms with Gasteiger partial charge in [0.15, 0.2) is 0 Å². The van der Waals surface area contributed by atoms with Gasteiger partial charge >= 0.3 is 0 Å². The number of hydrogen-bond acceptors (Lipinski definition) is 6. The molecule has 1 aromatic heterocycles. The van der Waals surface area contributed by atoms with E-state index < -0.39 is 16.6 Å². The predicted octanol–water partition coefficient (Wildman–Crippen LogP) is 3.01. The van der Waals surface area contributed by atoms with Gasteiger partial charge in [0.1, 0.15) is 23.5 Å². The number of aryl methyl sites for hydroxylation is 2. The Bertz CT molecular complexity index is 1090. The summed E-state index contributed by atoms with van der Waals surface area (Å²) in [7, 11) is 0. The Morgan fingerprint density at radius 2 is 2.00 bits per heavy atom. The number of rotatable bonds is 6. The number of aliphatic hydroxyl groups excluding tert-OH is 1. The summed E-state index contributed by atoms with van der Waals surface area (Å²) in [4.78, 5) is 27.1. The van der Waals surface area contributed by atoms with Gasteiger partial charge in [0.25, 0.3) is 11.2 Å². The summed E-state index contributed by atoms with van der Waals surface area (Å²) in [6, 6.07) is 8.11. The van der Waals surface area contributed by atoms with Crippen molar-refractivity contribution in [2.75, 3.05) is 6.61 Å². The minimum absolute atomic E-state index is 0.0169. The molecule has 2 aromatic carbocycles. The van der Waals surface area contributed by atoms with E-state index in [4.69, 9.17) is 16.3 Å². The molecule has 3 aromatic rings. The first-order valence-corrected chi connectivity index (χ1v) is 8.86. The molecular weight excluding hydrogens is 386 g/mol. The Labute approximate surface area is 165 Å². The first-order valence-electron chi connectivity index (χ1n) is 8.48. The van der Waals surface area contributed by atoms with Crippen molar-refractivity contribution >= 4 is 28.2 Å². The van der Waals surface area contributed by atoms with Crippen molar-refractivity contribution < 1.29 is 14.8 Å². The van der Waals surface area contributed by atoms with E-state index in [-0.39, 0.29) is 34.8 Å². The number of benzene rings is 2. The van der Waals surface area contributed by atoms with Crippen LogP contribution in [-0.2, 0) is 6.54 Å². The third-order valence-electron chi connectivity index (χ3n) is 4.33. The van der Waals surface area contributed by atoms with E-state index in [0.717, 1.165) is 17.2 Å². The smallest absolute Gasteiger partial charge is 0.288 e. The Morgan fingerprint density at radius 3 is 2.64 bits per heavy atom. The molecule has 0 bridgehead atoms. The van der Waals surface area contributed by atoms with Crippen LogP contribution in [0.5, 0.6) is 5.75 Å². The molecule has 0 aliphatic carbocycles. The summed E-state index contributed by atoms with van der Waals surface area (Å²) in [5.41, 5.74) is 1.26. The zero-order chi connectivity index (χ0) is 20.4. The summed E-state index contributed by atoms with van der Waals surface area (Å²) >= 11 is 5.85. The second kappa shape index (κ2) is 7.95. The van der Waals surface area contributed by atoms with Crippen molar-refractivity contribution in [3.05, 3.63) is 73.3 Å². The summed E-state index contributed by atoms with van der Waals surface area (Å²) < 4.78 is 6.90. The van der Waals surface area contributed by atoms with Crippen molar-refractivity contribution in [3.63, 3.8) is 0 Å². The van der Waals surface area contributed by atoms with Crippen molar-refractivity contribution in [1.82, 2.24) is 9.55 Å². The second-order valence-corrected chi connectivity index (χ2v) is 6.87. The number of nitro groups is 1. The average Bonchev–Trinajstić information content (AvgIpc) is 2.63. The quantitative estimate of drug-likeness (QED) is 0.500. The van der Waals surface area contributed by atoms with E-state index in [0.29, 0.717) is 5.75 Å². The van der Waals surface area contributed by atoms with E-state index in [1.54, 1.807) is 0 Å². The van der Waals surface area contributed by atoms with Crippen LogP contribution in [0.15, 0.2) is 41.5 Å². The number of ether oxygens (including phenoxy) is 1. The number of para-hydroxylation sites is 1. The van der Waals surface area contributed by atoms with E-state index in [1.807, 2.05) is 32.0 Å². The molecule has 1 N–H and O–H groups in total. The first-order chi connectivity index (χ1) is 13.3. The Kier molecular flexibility index (Phi) is 5.62. The number of nitro benzene ring substituents is 1. The molecule has 0 aliphatic heterocycles. The number of aliphatic hydroxyl groups is 1. The number of halogens is 1. The summed E-state index contributed by atoms with van der Waals surface area (Å²) in [5, 5.41) is 21.3. The number of nitrogens with zero attached hydrogens (tertiary/aromatic N) is 3. The molecule has 146 valence electrons. The second-order valence-electron chi connectivity index (χ2n) is 6.47. The van der Waals surface area contributed by atoms with Gasteiger partial charge < -0.3 is 9.84 Å². The Morgan fingerprint density at radius 1 is 1.32 bits per heavy atom. The average molecular weight is 404 g/mol. The molecule has 0 unspecified atom stereocenters. The molecule has 0 spiro atoms. The lowest BCUT2D eigenvalue weighted by Gasteiger charge is -2.16. The monoisotopic (exact) mass is 403 g/mol. The molecule has 0 fully saturated rings. The van der Waals surface area contributed by atoms with Crippen LogP contribution in [0.4, 0.5) is 5.69 Å². The number of fused-ring (bicyclic) bond motifs is 1. The van der Waals surface area contributed by atoms with Crippen LogP contribution >= 0.6 is 11.6 Å². The van der Waals surface area contributed by atoms with Gasteiger partial charge in [-0.1, -0.05) is 29.8 Å². The van der Waals surface area contributed by atoms with Crippen LogP contribution in [0.1, 0.15) is 11.1 Å². The van der Waals surface area contributed by atoms with Crippen LogP contribution in [0, 0.1) is 24.0 Å². The Hall–Kier alpha value is -2.97. The lowest BCUT2D eigenvalue weighted by Crippen LogP contribution is -2.30. The highest BCUT2D eigenvalue weighted by Gasteiger charge is 2.17. The van der Waals surface area contributed by atoms with E-state index >= 15 is 0 Å². The molecule has 8 nitrogen and oxygen atoms in total. The van der Waals surface area contributed by atoms with Crippen LogP contribution in [0.3, 0.4) is 0 Å². The van der Waals surface area contributed by atoms with Crippen LogP contribution in [0.2, 0.25) is 5.02 Å². The maximum atomic E-state index is 12.6. The van der Waals surface area contributed by atoms with Gasteiger partial charge in [-0.25, -0.2) is 4.98 Å². The largest absolute Gasteiger partial charge is 0.490 e. The first kappa shape index (κ1) is 19.8. The highest BCUT2D eigenvalue weighted by Crippen LogP contribution is 2.27. The van der Waals surface area contributed by atoms with Crippen molar-refractivity contribution in [2.24, 2.45) is 0 Å².